The molecular weight excluding hydrogens is 374 g/mol. The quantitative estimate of drug-likeness (QED) is 0.677. The molecule has 0 amide bonds. The lowest BCUT2D eigenvalue weighted by molar-refractivity contribution is 0.0375. The fraction of sp³-hybridized carbons (Fsp3) is 0.500. The van der Waals surface area contributed by atoms with Gasteiger partial charge in [0, 0.05) is 24.2 Å². The highest BCUT2D eigenvalue weighted by molar-refractivity contribution is 5.74. The van der Waals surface area contributed by atoms with Crippen LogP contribution in [-0.2, 0) is 11.2 Å². The molecule has 9 heteroatoms. The molecule has 2 aromatic rings. The number of nitrogen functional groups attached to an aromatic ring is 2. The molecular formula is C20H29N5O4. The monoisotopic (exact) mass is 403 g/mol. The number of ether oxygens (including phenoxy) is 4. The van der Waals surface area contributed by atoms with E-state index < -0.39 is 0 Å². The Morgan fingerprint density at radius 1 is 1.00 bits per heavy atom. The van der Waals surface area contributed by atoms with Crippen molar-refractivity contribution in [1.29, 1.82) is 0 Å². The van der Waals surface area contributed by atoms with E-state index in [2.05, 4.69) is 14.9 Å². The van der Waals surface area contributed by atoms with Crippen LogP contribution in [0.5, 0.6) is 17.2 Å². The van der Waals surface area contributed by atoms with Gasteiger partial charge in [-0.25, -0.2) is 4.98 Å². The Hall–Kier alpha value is -2.78. The van der Waals surface area contributed by atoms with Crippen molar-refractivity contribution in [3.63, 3.8) is 0 Å². The zero-order valence-electron chi connectivity index (χ0n) is 17.2. The van der Waals surface area contributed by atoms with E-state index in [1.165, 1.54) is 0 Å². The van der Waals surface area contributed by atoms with Gasteiger partial charge in [0.1, 0.15) is 5.82 Å². The molecule has 4 N–H and O–H groups in total. The predicted octanol–water partition coefficient (Wildman–Crippen LogP) is 1.60. The van der Waals surface area contributed by atoms with Gasteiger partial charge >= 0.3 is 0 Å². The summed E-state index contributed by atoms with van der Waals surface area (Å²) in [5, 5.41) is 0. The molecule has 1 aliphatic heterocycles. The number of aromatic nitrogens is 2. The first-order chi connectivity index (χ1) is 14.1. The van der Waals surface area contributed by atoms with E-state index in [1.807, 2.05) is 12.1 Å². The minimum atomic E-state index is 0.128. The number of hydrogen-bond acceptors (Lipinski definition) is 9. The normalized spacial score (nSPS) is 14.6. The number of hydrogen-bond donors (Lipinski definition) is 2. The summed E-state index contributed by atoms with van der Waals surface area (Å²) in [5.74, 6) is 2.11. The SMILES string of the molecule is COc1cc(-c2nc(N)nc(N)c2CCCN2CCOCC2)cc(OC)c1OC. The van der Waals surface area contributed by atoms with Gasteiger partial charge in [-0.15, -0.1) is 0 Å². The summed E-state index contributed by atoms with van der Waals surface area (Å²) in [7, 11) is 4.72. The van der Waals surface area contributed by atoms with Gasteiger partial charge in [0.05, 0.1) is 40.2 Å². The summed E-state index contributed by atoms with van der Waals surface area (Å²) in [6.45, 7) is 4.43. The van der Waals surface area contributed by atoms with E-state index in [1.54, 1.807) is 21.3 Å². The van der Waals surface area contributed by atoms with Gasteiger partial charge in [0.15, 0.2) is 11.5 Å². The predicted molar refractivity (Wildman–Crippen MR) is 112 cm³/mol. The Bertz CT molecular complexity index is 815. The second-order valence-electron chi connectivity index (χ2n) is 6.77. The van der Waals surface area contributed by atoms with Crippen molar-refractivity contribution in [3.05, 3.63) is 17.7 Å². The van der Waals surface area contributed by atoms with E-state index in [0.717, 1.165) is 56.8 Å². The van der Waals surface area contributed by atoms with E-state index in [9.17, 15) is 0 Å². The van der Waals surface area contributed by atoms with Crippen molar-refractivity contribution >= 4 is 11.8 Å². The molecule has 1 fully saturated rings. The molecule has 0 bridgehead atoms. The number of anilines is 2. The zero-order chi connectivity index (χ0) is 20.8. The maximum Gasteiger partial charge on any atom is 0.222 e. The van der Waals surface area contributed by atoms with Gasteiger partial charge in [-0.2, -0.15) is 4.98 Å². The highest BCUT2D eigenvalue weighted by atomic mass is 16.5. The van der Waals surface area contributed by atoms with E-state index >= 15 is 0 Å². The third-order valence-corrected chi connectivity index (χ3v) is 5.00. The van der Waals surface area contributed by atoms with E-state index in [0.29, 0.717) is 28.8 Å². The van der Waals surface area contributed by atoms with Gasteiger partial charge in [0.2, 0.25) is 11.7 Å². The molecule has 0 spiro atoms. The average molecular weight is 403 g/mol. The van der Waals surface area contributed by atoms with Crippen molar-refractivity contribution in [2.24, 2.45) is 0 Å². The standard InChI is InChI=1S/C20H29N5O4/c1-26-15-11-13(12-16(27-2)18(15)28-3)17-14(19(21)24-20(22)23-17)5-4-6-25-7-9-29-10-8-25/h11-12H,4-10H2,1-3H3,(H4,21,22,23,24). The highest BCUT2D eigenvalue weighted by Crippen LogP contribution is 2.42. The molecule has 0 radical (unpaired) electrons. The molecule has 1 aromatic heterocycles. The number of nitrogens with two attached hydrogens (primary N) is 2. The molecule has 0 atom stereocenters. The van der Waals surface area contributed by atoms with Crippen LogP contribution in [0.2, 0.25) is 0 Å². The molecule has 1 aromatic carbocycles. The Morgan fingerprint density at radius 2 is 1.66 bits per heavy atom. The number of rotatable bonds is 8. The lowest BCUT2D eigenvalue weighted by Gasteiger charge is -2.26. The lowest BCUT2D eigenvalue weighted by atomic mass is 10.0. The van der Waals surface area contributed by atoms with Crippen LogP contribution in [0.25, 0.3) is 11.3 Å². The molecule has 0 saturated carbocycles. The molecule has 3 rings (SSSR count). The van der Waals surface area contributed by atoms with Gasteiger partial charge in [-0.05, 0) is 31.5 Å². The van der Waals surface area contributed by atoms with Crippen molar-refractivity contribution in [2.75, 3.05) is 65.6 Å². The van der Waals surface area contributed by atoms with Gasteiger partial charge in [-0.3, -0.25) is 4.90 Å². The highest BCUT2D eigenvalue weighted by Gasteiger charge is 2.19. The van der Waals surface area contributed by atoms with Crippen LogP contribution in [0.3, 0.4) is 0 Å². The molecule has 0 unspecified atom stereocenters. The second kappa shape index (κ2) is 9.62. The largest absolute Gasteiger partial charge is 0.493 e. The van der Waals surface area contributed by atoms with Gasteiger partial charge in [-0.1, -0.05) is 0 Å². The third kappa shape index (κ3) is 4.80. The number of morpholine rings is 1. The maximum atomic E-state index is 6.22. The van der Waals surface area contributed by atoms with Crippen LogP contribution in [0.15, 0.2) is 12.1 Å². The summed E-state index contributed by atoms with van der Waals surface area (Å²) in [6, 6.07) is 3.68. The van der Waals surface area contributed by atoms with Crippen molar-refractivity contribution in [1.82, 2.24) is 14.9 Å². The zero-order valence-corrected chi connectivity index (χ0v) is 17.2. The molecule has 0 aliphatic carbocycles. The molecule has 158 valence electrons. The smallest absolute Gasteiger partial charge is 0.222 e. The first kappa shape index (κ1) is 20.9. The topological polar surface area (TPSA) is 118 Å². The summed E-state index contributed by atoms with van der Waals surface area (Å²) < 4.78 is 21.8. The average Bonchev–Trinajstić information content (AvgIpc) is 2.74. The first-order valence-corrected chi connectivity index (χ1v) is 9.59. The summed E-state index contributed by atoms with van der Waals surface area (Å²) in [6.07, 6.45) is 1.66. The fourth-order valence-corrected chi connectivity index (χ4v) is 3.53. The van der Waals surface area contributed by atoms with Crippen molar-refractivity contribution in [3.8, 4) is 28.5 Å². The second-order valence-corrected chi connectivity index (χ2v) is 6.77. The van der Waals surface area contributed by atoms with Crippen LogP contribution in [-0.4, -0.2) is 69.0 Å². The van der Waals surface area contributed by atoms with Crippen molar-refractivity contribution in [2.45, 2.75) is 12.8 Å². The molecule has 2 heterocycles. The Labute approximate surface area is 170 Å². The molecule has 9 nitrogen and oxygen atoms in total. The minimum Gasteiger partial charge on any atom is -0.493 e. The molecule has 29 heavy (non-hydrogen) atoms. The molecule has 1 aliphatic rings. The van der Waals surface area contributed by atoms with Crippen LogP contribution in [0.4, 0.5) is 11.8 Å². The Morgan fingerprint density at radius 3 is 2.24 bits per heavy atom. The lowest BCUT2D eigenvalue weighted by Crippen LogP contribution is -2.37. The van der Waals surface area contributed by atoms with E-state index in [-0.39, 0.29) is 5.95 Å². The number of benzene rings is 1. The first-order valence-electron chi connectivity index (χ1n) is 9.59. The Kier molecular flexibility index (Phi) is 6.95. The van der Waals surface area contributed by atoms with Gasteiger partial charge < -0.3 is 30.4 Å². The molecule has 1 saturated heterocycles. The van der Waals surface area contributed by atoms with E-state index in [4.69, 9.17) is 30.4 Å². The summed E-state index contributed by atoms with van der Waals surface area (Å²) >= 11 is 0. The number of nitrogens with zero attached hydrogens (tertiary/aromatic N) is 3. The third-order valence-electron chi connectivity index (χ3n) is 5.00. The van der Waals surface area contributed by atoms with Crippen LogP contribution in [0, 0.1) is 0 Å². The van der Waals surface area contributed by atoms with Gasteiger partial charge in [0.25, 0.3) is 0 Å². The summed E-state index contributed by atoms with van der Waals surface area (Å²) in [4.78, 5) is 11.0. The number of methoxy groups -OCH3 is 3. The fourth-order valence-electron chi connectivity index (χ4n) is 3.53. The van der Waals surface area contributed by atoms with Crippen LogP contribution in [0.1, 0.15) is 12.0 Å². The Balaban J connectivity index is 1.92. The minimum absolute atomic E-state index is 0.128. The van der Waals surface area contributed by atoms with Crippen LogP contribution < -0.4 is 25.7 Å². The maximum absolute atomic E-state index is 6.22. The summed E-state index contributed by atoms with van der Waals surface area (Å²) in [5.41, 5.74) is 14.4. The van der Waals surface area contributed by atoms with Crippen LogP contribution >= 0.6 is 0 Å². The van der Waals surface area contributed by atoms with Crippen molar-refractivity contribution < 1.29 is 18.9 Å².